The third kappa shape index (κ3) is 7.75. The van der Waals surface area contributed by atoms with Gasteiger partial charge in [-0.15, -0.1) is 0 Å². The van der Waals surface area contributed by atoms with E-state index in [-0.39, 0.29) is 18.6 Å². The maximum Gasteiger partial charge on any atom is 0.329 e. The number of benzene rings is 2. The summed E-state index contributed by atoms with van der Waals surface area (Å²) >= 11 is 6.02. The molecule has 31 heavy (non-hydrogen) atoms. The highest BCUT2D eigenvalue weighted by atomic mass is 35.5. The van der Waals surface area contributed by atoms with Crippen LogP contribution in [-0.2, 0) is 14.4 Å². The van der Waals surface area contributed by atoms with E-state index in [0.717, 1.165) is 11.1 Å². The number of amides is 3. The molecule has 0 saturated heterocycles. The Labute approximate surface area is 186 Å². The highest BCUT2D eigenvalue weighted by molar-refractivity contribution is 6.35. The molecule has 3 N–H and O–H groups in total. The first kappa shape index (κ1) is 23.9. The summed E-state index contributed by atoms with van der Waals surface area (Å²) in [6.07, 6.45) is 1.28. The van der Waals surface area contributed by atoms with Crippen LogP contribution in [0.15, 0.2) is 41.5 Å². The number of carbonyl (C=O) groups excluding carboxylic acids is 3. The summed E-state index contributed by atoms with van der Waals surface area (Å²) in [6.45, 7) is 7.19. The molecule has 0 aliphatic heterocycles. The number of aryl methyl sites for hydroxylation is 2. The van der Waals surface area contributed by atoms with Crippen molar-refractivity contribution in [2.45, 2.75) is 33.7 Å². The summed E-state index contributed by atoms with van der Waals surface area (Å²) in [5.41, 5.74) is 5.44. The van der Waals surface area contributed by atoms with Crippen molar-refractivity contribution in [3.63, 3.8) is 0 Å². The van der Waals surface area contributed by atoms with Crippen molar-refractivity contribution in [2.24, 2.45) is 5.10 Å². The van der Waals surface area contributed by atoms with Gasteiger partial charge >= 0.3 is 11.8 Å². The molecular formula is C22H25ClN4O4. The normalized spacial score (nSPS) is 10.8. The Balaban J connectivity index is 1.99. The highest BCUT2D eigenvalue weighted by Crippen LogP contribution is 2.21. The predicted octanol–water partition coefficient (Wildman–Crippen LogP) is 2.95. The number of halogens is 1. The minimum atomic E-state index is -0.901. The molecule has 0 aliphatic rings. The molecule has 2 aromatic carbocycles. The topological polar surface area (TPSA) is 109 Å². The monoisotopic (exact) mass is 444 g/mol. The van der Waals surface area contributed by atoms with Crippen molar-refractivity contribution >= 4 is 41.2 Å². The first-order valence-corrected chi connectivity index (χ1v) is 9.97. The minimum absolute atomic E-state index is 0.176. The maximum atomic E-state index is 12.2. The predicted molar refractivity (Wildman–Crippen MR) is 121 cm³/mol. The van der Waals surface area contributed by atoms with Gasteiger partial charge in [-0.05, 0) is 69.2 Å². The molecular weight excluding hydrogens is 420 g/mol. The Kier molecular flexibility index (Phi) is 8.57. The summed E-state index contributed by atoms with van der Waals surface area (Å²) in [7, 11) is 0. The number of anilines is 1. The number of nitrogens with zero attached hydrogens (tertiary/aromatic N) is 1. The summed E-state index contributed by atoms with van der Waals surface area (Å²) in [6, 6.07) is 10.2. The Morgan fingerprint density at radius 1 is 1.06 bits per heavy atom. The van der Waals surface area contributed by atoms with Crippen LogP contribution in [0.25, 0.3) is 0 Å². The Morgan fingerprint density at radius 2 is 1.81 bits per heavy atom. The molecule has 8 nitrogen and oxygen atoms in total. The number of carbonyl (C=O) groups is 3. The van der Waals surface area contributed by atoms with E-state index in [1.54, 1.807) is 32.0 Å². The second kappa shape index (κ2) is 11.1. The third-order valence-corrected chi connectivity index (χ3v) is 4.35. The molecule has 9 heteroatoms. The van der Waals surface area contributed by atoms with Gasteiger partial charge in [0.2, 0.25) is 0 Å². The van der Waals surface area contributed by atoms with E-state index in [1.165, 1.54) is 6.21 Å². The van der Waals surface area contributed by atoms with Gasteiger partial charge in [0.1, 0.15) is 5.75 Å². The van der Waals surface area contributed by atoms with Gasteiger partial charge in [0.05, 0.1) is 6.21 Å². The van der Waals surface area contributed by atoms with E-state index in [4.69, 9.17) is 16.3 Å². The number of ether oxygens (including phenoxy) is 1. The van der Waals surface area contributed by atoms with Gasteiger partial charge in [-0.3, -0.25) is 14.4 Å². The minimum Gasteiger partial charge on any atom is -0.483 e. The van der Waals surface area contributed by atoms with Crippen molar-refractivity contribution in [1.82, 2.24) is 10.7 Å². The van der Waals surface area contributed by atoms with Crippen LogP contribution in [0.5, 0.6) is 5.75 Å². The SMILES string of the molecule is Cc1ccc(NC(=O)COc2ccc(Cl)cc2/C=N\NC(=O)C(=O)NC(C)C)cc1C. The standard InChI is InChI=1S/C22H25ClN4O4/c1-13(2)25-21(29)22(30)27-24-11-16-10-17(23)6-8-19(16)31-12-20(28)26-18-7-5-14(3)15(4)9-18/h5-11,13H,12H2,1-4H3,(H,25,29)(H,26,28)(H,27,30)/b24-11-. The number of rotatable bonds is 7. The second-order valence-corrected chi connectivity index (χ2v) is 7.58. The lowest BCUT2D eigenvalue weighted by Crippen LogP contribution is -2.41. The van der Waals surface area contributed by atoms with Gasteiger partial charge < -0.3 is 15.4 Å². The van der Waals surface area contributed by atoms with Crippen LogP contribution in [-0.4, -0.2) is 36.6 Å². The van der Waals surface area contributed by atoms with E-state index in [2.05, 4.69) is 21.2 Å². The van der Waals surface area contributed by atoms with Gasteiger partial charge in [0.25, 0.3) is 5.91 Å². The van der Waals surface area contributed by atoms with Crippen LogP contribution in [0.2, 0.25) is 5.02 Å². The maximum absolute atomic E-state index is 12.2. The summed E-state index contributed by atoms with van der Waals surface area (Å²) in [5, 5.41) is 9.40. The zero-order valence-electron chi connectivity index (χ0n) is 17.8. The van der Waals surface area contributed by atoms with Crippen LogP contribution >= 0.6 is 11.6 Å². The average Bonchev–Trinajstić information content (AvgIpc) is 2.69. The van der Waals surface area contributed by atoms with Crippen molar-refractivity contribution < 1.29 is 19.1 Å². The fraction of sp³-hybridized carbons (Fsp3) is 0.273. The van der Waals surface area contributed by atoms with Crippen LogP contribution in [0.3, 0.4) is 0 Å². The van der Waals surface area contributed by atoms with E-state index in [9.17, 15) is 14.4 Å². The van der Waals surface area contributed by atoms with Gasteiger partial charge in [0.15, 0.2) is 6.61 Å². The molecule has 3 amide bonds. The molecule has 0 spiro atoms. The van der Waals surface area contributed by atoms with E-state index < -0.39 is 11.8 Å². The molecule has 0 atom stereocenters. The summed E-state index contributed by atoms with van der Waals surface area (Å²) in [4.78, 5) is 35.5. The zero-order chi connectivity index (χ0) is 23.0. The lowest BCUT2D eigenvalue weighted by atomic mass is 10.1. The van der Waals surface area contributed by atoms with Gasteiger partial charge in [-0.25, -0.2) is 5.43 Å². The van der Waals surface area contributed by atoms with Crippen molar-refractivity contribution in [3.8, 4) is 5.75 Å². The second-order valence-electron chi connectivity index (χ2n) is 7.15. The number of hydrogen-bond donors (Lipinski definition) is 3. The quantitative estimate of drug-likeness (QED) is 0.346. The zero-order valence-corrected chi connectivity index (χ0v) is 18.5. The fourth-order valence-electron chi connectivity index (χ4n) is 2.45. The number of hydrogen-bond acceptors (Lipinski definition) is 5. The smallest absolute Gasteiger partial charge is 0.329 e. The molecule has 0 heterocycles. The molecule has 0 radical (unpaired) electrons. The largest absolute Gasteiger partial charge is 0.483 e. The Hall–Kier alpha value is -3.39. The van der Waals surface area contributed by atoms with Crippen molar-refractivity contribution in [1.29, 1.82) is 0 Å². The lowest BCUT2D eigenvalue weighted by molar-refractivity contribution is -0.139. The van der Waals surface area contributed by atoms with Gasteiger partial charge in [0, 0.05) is 22.3 Å². The molecule has 0 aromatic heterocycles. The molecule has 0 aliphatic carbocycles. The first-order chi connectivity index (χ1) is 14.7. The molecule has 2 rings (SSSR count). The van der Waals surface area contributed by atoms with Gasteiger partial charge in [-0.1, -0.05) is 17.7 Å². The van der Waals surface area contributed by atoms with E-state index in [0.29, 0.717) is 22.0 Å². The average molecular weight is 445 g/mol. The first-order valence-electron chi connectivity index (χ1n) is 9.59. The fourth-order valence-corrected chi connectivity index (χ4v) is 2.63. The lowest BCUT2D eigenvalue weighted by Gasteiger charge is -2.11. The summed E-state index contributed by atoms with van der Waals surface area (Å²) in [5.74, 6) is -1.69. The molecule has 2 aromatic rings. The molecule has 0 fully saturated rings. The molecule has 0 unspecified atom stereocenters. The van der Waals surface area contributed by atoms with Gasteiger partial charge in [-0.2, -0.15) is 5.10 Å². The summed E-state index contributed by atoms with van der Waals surface area (Å²) < 4.78 is 5.58. The molecule has 0 saturated carbocycles. The number of hydrazone groups is 1. The molecule has 164 valence electrons. The highest BCUT2D eigenvalue weighted by Gasteiger charge is 2.13. The van der Waals surface area contributed by atoms with Crippen molar-refractivity contribution in [2.75, 3.05) is 11.9 Å². The van der Waals surface area contributed by atoms with E-state index in [1.807, 2.05) is 32.0 Å². The van der Waals surface area contributed by atoms with Crippen LogP contribution in [0, 0.1) is 13.8 Å². The Morgan fingerprint density at radius 3 is 2.48 bits per heavy atom. The van der Waals surface area contributed by atoms with Crippen molar-refractivity contribution in [3.05, 3.63) is 58.1 Å². The third-order valence-electron chi connectivity index (χ3n) is 4.12. The van der Waals surface area contributed by atoms with E-state index >= 15 is 0 Å². The van der Waals surface area contributed by atoms with Crippen LogP contribution < -0.4 is 20.8 Å². The number of nitrogens with one attached hydrogen (secondary N) is 3. The van der Waals surface area contributed by atoms with Crippen LogP contribution in [0.4, 0.5) is 5.69 Å². The molecule has 0 bridgehead atoms. The Bertz CT molecular complexity index is 1010. The van der Waals surface area contributed by atoms with Crippen LogP contribution in [0.1, 0.15) is 30.5 Å².